The van der Waals surface area contributed by atoms with Crippen LogP contribution in [0.3, 0.4) is 0 Å². The topological polar surface area (TPSA) is 62.2 Å². The Balaban J connectivity index is 2.22. The molecule has 1 amide bonds. The zero-order chi connectivity index (χ0) is 12.7. The highest BCUT2D eigenvalue weighted by Gasteiger charge is 2.11. The van der Waals surface area contributed by atoms with Gasteiger partial charge in [-0.05, 0) is 18.6 Å². The van der Waals surface area contributed by atoms with Crippen LogP contribution in [0.15, 0.2) is 24.5 Å². The van der Waals surface area contributed by atoms with Gasteiger partial charge in [0.15, 0.2) is 0 Å². The lowest BCUT2D eigenvalue weighted by Crippen LogP contribution is -2.26. The molecule has 1 heterocycles. The minimum absolute atomic E-state index is 0.0219. The molecule has 0 aliphatic carbocycles. The van der Waals surface area contributed by atoms with Crippen LogP contribution in [-0.2, 0) is 11.3 Å². The highest BCUT2D eigenvalue weighted by atomic mass is 32.2. The van der Waals surface area contributed by atoms with E-state index in [2.05, 4.69) is 10.3 Å². The monoisotopic (exact) mass is 254 g/mol. The quantitative estimate of drug-likeness (QED) is 0.801. The second-order valence-corrected chi connectivity index (χ2v) is 5.26. The van der Waals surface area contributed by atoms with Crippen molar-refractivity contribution in [2.24, 2.45) is 0 Å². The molecule has 0 aliphatic rings. The Morgan fingerprint density at radius 1 is 1.59 bits per heavy atom. The fourth-order valence-corrected chi connectivity index (χ4v) is 1.90. The molecule has 5 heteroatoms. The first kappa shape index (κ1) is 14.0. The van der Waals surface area contributed by atoms with Crippen molar-refractivity contribution >= 4 is 17.7 Å². The number of aromatic nitrogens is 1. The van der Waals surface area contributed by atoms with Gasteiger partial charge in [0.05, 0.1) is 11.9 Å². The molecule has 2 atom stereocenters. The summed E-state index contributed by atoms with van der Waals surface area (Å²) in [4.78, 5) is 15.5. The van der Waals surface area contributed by atoms with E-state index in [9.17, 15) is 9.90 Å². The van der Waals surface area contributed by atoms with Gasteiger partial charge in [0.25, 0.3) is 0 Å². The molecular formula is C12H18N2O2S. The van der Waals surface area contributed by atoms with Crippen LogP contribution < -0.4 is 5.32 Å². The molecule has 17 heavy (non-hydrogen) atoms. The fraction of sp³-hybridized carbons (Fsp3) is 0.500. The predicted octanol–water partition coefficient (Wildman–Crippen LogP) is 1.20. The third-order valence-corrected chi connectivity index (χ3v) is 3.72. The summed E-state index contributed by atoms with van der Waals surface area (Å²) in [6.07, 6.45) is 3.03. The summed E-state index contributed by atoms with van der Waals surface area (Å²) in [7, 11) is 0. The van der Waals surface area contributed by atoms with E-state index in [1.54, 1.807) is 19.3 Å². The van der Waals surface area contributed by atoms with Gasteiger partial charge in [-0.25, -0.2) is 0 Å². The number of nitrogens with zero attached hydrogens (tertiary/aromatic N) is 1. The second-order valence-electron chi connectivity index (χ2n) is 3.89. The number of amides is 1. The van der Waals surface area contributed by atoms with E-state index in [1.165, 1.54) is 11.8 Å². The molecule has 94 valence electrons. The fourth-order valence-electron chi connectivity index (χ4n) is 1.10. The number of nitrogens with one attached hydrogen (secondary N) is 1. The highest BCUT2D eigenvalue weighted by molar-refractivity contribution is 8.00. The molecule has 1 aromatic rings. The number of aliphatic hydroxyl groups is 1. The highest BCUT2D eigenvalue weighted by Crippen LogP contribution is 2.13. The Morgan fingerprint density at radius 3 is 2.94 bits per heavy atom. The van der Waals surface area contributed by atoms with Gasteiger partial charge in [0.1, 0.15) is 0 Å². The molecular weight excluding hydrogens is 236 g/mol. The number of aliphatic hydroxyl groups excluding tert-OH is 1. The van der Waals surface area contributed by atoms with E-state index in [0.717, 1.165) is 5.56 Å². The van der Waals surface area contributed by atoms with Crippen molar-refractivity contribution in [1.82, 2.24) is 10.3 Å². The van der Waals surface area contributed by atoms with Crippen LogP contribution in [0, 0.1) is 0 Å². The SMILES string of the molecule is C[C@H](SCC(=O)NCc1cccnc1)[C@@H](C)O. The number of rotatable bonds is 6. The molecule has 0 saturated heterocycles. The standard InChI is InChI=1S/C12H18N2O2S/c1-9(15)10(2)17-8-12(16)14-7-11-4-3-5-13-6-11/h3-6,9-10,15H,7-8H2,1-2H3,(H,14,16)/t9-,10+/m1/s1. The molecule has 0 radical (unpaired) electrons. The zero-order valence-electron chi connectivity index (χ0n) is 10.1. The number of hydrogen-bond donors (Lipinski definition) is 2. The first-order valence-corrected chi connectivity index (χ1v) is 6.59. The summed E-state index contributed by atoms with van der Waals surface area (Å²) in [5.41, 5.74) is 0.981. The molecule has 4 nitrogen and oxygen atoms in total. The van der Waals surface area contributed by atoms with Gasteiger partial charge >= 0.3 is 0 Å². The number of carbonyl (C=O) groups excluding carboxylic acids is 1. The lowest BCUT2D eigenvalue weighted by atomic mass is 10.3. The number of thioether (sulfide) groups is 1. The van der Waals surface area contributed by atoms with E-state index in [0.29, 0.717) is 12.3 Å². The Bertz CT molecular complexity index is 344. The van der Waals surface area contributed by atoms with Crippen LogP contribution in [0.25, 0.3) is 0 Å². The molecule has 1 rings (SSSR count). The molecule has 0 aliphatic heterocycles. The van der Waals surface area contributed by atoms with Crippen LogP contribution in [0.5, 0.6) is 0 Å². The minimum atomic E-state index is -0.397. The van der Waals surface area contributed by atoms with Crippen LogP contribution in [0.1, 0.15) is 19.4 Å². The molecule has 0 bridgehead atoms. The first-order chi connectivity index (χ1) is 8.09. The smallest absolute Gasteiger partial charge is 0.230 e. The van der Waals surface area contributed by atoms with Crippen LogP contribution >= 0.6 is 11.8 Å². The Kier molecular flexibility index (Phi) is 6.00. The van der Waals surface area contributed by atoms with E-state index in [4.69, 9.17) is 0 Å². The molecule has 0 unspecified atom stereocenters. The summed E-state index contributed by atoms with van der Waals surface area (Å²) in [6.45, 7) is 4.13. The van der Waals surface area contributed by atoms with Gasteiger partial charge in [-0.3, -0.25) is 9.78 Å². The van der Waals surface area contributed by atoms with Crippen molar-refractivity contribution in [2.75, 3.05) is 5.75 Å². The largest absolute Gasteiger partial charge is 0.392 e. The predicted molar refractivity (Wildman–Crippen MR) is 69.7 cm³/mol. The third-order valence-electron chi connectivity index (χ3n) is 2.37. The zero-order valence-corrected chi connectivity index (χ0v) is 10.9. The normalized spacial score (nSPS) is 14.1. The summed E-state index contributed by atoms with van der Waals surface area (Å²) in [6, 6.07) is 3.75. The van der Waals surface area contributed by atoms with Gasteiger partial charge < -0.3 is 10.4 Å². The van der Waals surface area contributed by atoms with E-state index in [-0.39, 0.29) is 11.2 Å². The van der Waals surface area contributed by atoms with Crippen LogP contribution in [0.4, 0.5) is 0 Å². The van der Waals surface area contributed by atoms with E-state index < -0.39 is 6.10 Å². The molecule has 0 saturated carbocycles. The maximum atomic E-state index is 11.5. The van der Waals surface area contributed by atoms with Crippen molar-refractivity contribution in [1.29, 1.82) is 0 Å². The Hall–Kier alpha value is -1.07. The van der Waals surface area contributed by atoms with Gasteiger partial charge in [0.2, 0.25) is 5.91 Å². The first-order valence-electron chi connectivity index (χ1n) is 5.55. The number of carbonyl (C=O) groups is 1. The maximum Gasteiger partial charge on any atom is 0.230 e. The lowest BCUT2D eigenvalue weighted by molar-refractivity contribution is -0.118. The molecule has 0 aromatic carbocycles. The summed E-state index contributed by atoms with van der Waals surface area (Å²) in [5, 5.41) is 12.2. The summed E-state index contributed by atoms with van der Waals surface area (Å²) < 4.78 is 0. The van der Waals surface area contributed by atoms with Gasteiger partial charge in [-0.1, -0.05) is 13.0 Å². The van der Waals surface area contributed by atoms with Crippen LogP contribution in [0.2, 0.25) is 0 Å². The second kappa shape index (κ2) is 7.29. The average molecular weight is 254 g/mol. The summed E-state index contributed by atoms with van der Waals surface area (Å²) >= 11 is 1.45. The Labute approximate surface area is 106 Å². The number of hydrogen-bond acceptors (Lipinski definition) is 4. The van der Waals surface area contributed by atoms with Gasteiger partial charge in [-0.2, -0.15) is 0 Å². The third kappa shape index (κ3) is 5.70. The molecule has 2 N–H and O–H groups in total. The molecule has 0 fully saturated rings. The van der Waals surface area contributed by atoms with E-state index >= 15 is 0 Å². The van der Waals surface area contributed by atoms with Crippen molar-refractivity contribution in [3.8, 4) is 0 Å². The van der Waals surface area contributed by atoms with E-state index in [1.807, 2.05) is 19.1 Å². The van der Waals surface area contributed by atoms with Crippen molar-refractivity contribution in [3.05, 3.63) is 30.1 Å². The van der Waals surface area contributed by atoms with Crippen molar-refractivity contribution in [2.45, 2.75) is 31.7 Å². The summed E-state index contributed by atoms with van der Waals surface area (Å²) in [5.74, 6) is 0.345. The van der Waals surface area contributed by atoms with Gasteiger partial charge in [-0.15, -0.1) is 11.8 Å². The molecule has 1 aromatic heterocycles. The lowest BCUT2D eigenvalue weighted by Gasteiger charge is -2.13. The van der Waals surface area contributed by atoms with Crippen molar-refractivity contribution < 1.29 is 9.90 Å². The van der Waals surface area contributed by atoms with Gasteiger partial charge in [0, 0.05) is 24.2 Å². The number of pyridine rings is 1. The van der Waals surface area contributed by atoms with Crippen LogP contribution in [-0.4, -0.2) is 33.1 Å². The Morgan fingerprint density at radius 2 is 2.35 bits per heavy atom. The van der Waals surface area contributed by atoms with Crippen molar-refractivity contribution in [3.63, 3.8) is 0 Å². The maximum absolute atomic E-state index is 11.5. The minimum Gasteiger partial charge on any atom is -0.392 e. The average Bonchev–Trinajstić information content (AvgIpc) is 2.34. The molecule has 0 spiro atoms.